The molecule has 1 aromatic carbocycles. The fraction of sp³-hybridized carbons (Fsp3) is 0.133. The van der Waals surface area contributed by atoms with Gasteiger partial charge in [0, 0.05) is 18.1 Å². The van der Waals surface area contributed by atoms with Crippen molar-refractivity contribution in [3.05, 3.63) is 54.4 Å². The predicted molar refractivity (Wildman–Crippen MR) is 78.2 cm³/mol. The minimum absolute atomic E-state index is 0.111. The minimum atomic E-state index is -0.340. The highest BCUT2D eigenvalue weighted by atomic mass is 16.5. The summed E-state index contributed by atoms with van der Waals surface area (Å²) in [5.41, 5.74) is 1.05. The normalized spacial score (nSPS) is 9.76. The number of methoxy groups -OCH3 is 1. The number of hydrogen-bond donors (Lipinski definition) is 2. The van der Waals surface area contributed by atoms with Gasteiger partial charge in [-0.3, -0.25) is 14.6 Å². The number of carbonyl (C=O) groups is 2. The molecular formula is C15H15N3O3. The highest BCUT2D eigenvalue weighted by Crippen LogP contribution is 2.14. The van der Waals surface area contributed by atoms with Crippen LogP contribution in [0.5, 0.6) is 5.75 Å². The van der Waals surface area contributed by atoms with Gasteiger partial charge in [-0.2, -0.15) is 0 Å². The van der Waals surface area contributed by atoms with Gasteiger partial charge in [0.25, 0.3) is 5.91 Å². The highest BCUT2D eigenvalue weighted by molar-refractivity contribution is 5.99. The highest BCUT2D eigenvalue weighted by Gasteiger charge is 2.08. The average molecular weight is 285 g/mol. The summed E-state index contributed by atoms with van der Waals surface area (Å²) in [5.74, 6) is 0.0586. The first-order chi connectivity index (χ1) is 10.2. The summed E-state index contributed by atoms with van der Waals surface area (Å²) in [6.45, 7) is -0.111. The van der Waals surface area contributed by atoms with Gasteiger partial charge in [0.05, 0.1) is 19.2 Å². The van der Waals surface area contributed by atoms with E-state index in [4.69, 9.17) is 4.74 Å². The molecule has 0 atom stereocenters. The Hall–Kier alpha value is -2.89. The second kappa shape index (κ2) is 7.04. The summed E-state index contributed by atoms with van der Waals surface area (Å²) in [5, 5.41) is 5.20. The number of rotatable bonds is 5. The summed E-state index contributed by atoms with van der Waals surface area (Å²) in [7, 11) is 1.57. The SMILES string of the molecule is COc1ccc(NC(=O)CNC(=O)c2cccnc2)cc1. The molecule has 0 aliphatic heterocycles. The zero-order valence-corrected chi connectivity index (χ0v) is 11.5. The van der Waals surface area contributed by atoms with Gasteiger partial charge in [-0.1, -0.05) is 0 Å². The van der Waals surface area contributed by atoms with Crippen LogP contribution >= 0.6 is 0 Å². The van der Waals surface area contributed by atoms with Crippen molar-refractivity contribution in [3.8, 4) is 5.75 Å². The molecular weight excluding hydrogens is 270 g/mol. The summed E-state index contributed by atoms with van der Waals surface area (Å²) >= 11 is 0. The molecule has 1 heterocycles. The van der Waals surface area contributed by atoms with Gasteiger partial charge in [-0.05, 0) is 36.4 Å². The Morgan fingerprint density at radius 2 is 1.95 bits per heavy atom. The molecule has 108 valence electrons. The van der Waals surface area contributed by atoms with Crippen molar-refractivity contribution in [3.63, 3.8) is 0 Å². The number of aromatic nitrogens is 1. The molecule has 0 fully saturated rings. The van der Waals surface area contributed by atoms with Gasteiger partial charge in [-0.25, -0.2) is 0 Å². The molecule has 6 heteroatoms. The van der Waals surface area contributed by atoms with Gasteiger partial charge >= 0.3 is 0 Å². The number of nitrogens with one attached hydrogen (secondary N) is 2. The van der Waals surface area contributed by atoms with E-state index in [0.29, 0.717) is 17.0 Å². The molecule has 0 spiro atoms. The molecule has 0 saturated heterocycles. The van der Waals surface area contributed by atoms with E-state index < -0.39 is 0 Å². The van der Waals surface area contributed by atoms with Gasteiger partial charge in [0.15, 0.2) is 0 Å². The van der Waals surface area contributed by atoms with Crippen LogP contribution in [0.1, 0.15) is 10.4 Å². The second-order valence-electron chi connectivity index (χ2n) is 4.20. The van der Waals surface area contributed by atoms with Crippen molar-refractivity contribution in [2.45, 2.75) is 0 Å². The van der Waals surface area contributed by atoms with E-state index in [1.165, 1.54) is 6.20 Å². The maximum absolute atomic E-state index is 11.7. The summed E-state index contributed by atoms with van der Waals surface area (Å²) in [6, 6.07) is 10.2. The van der Waals surface area contributed by atoms with Crippen molar-refractivity contribution < 1.29 is 14.3 Å². The number of pyridine rings is 1. The van der Waals surface area contributed by atoms with E-state index in [2.05, 4.69) is 15.6 Å². The first kappa shape index (κ1) is 14.5. The van der Waals surface area contributed by atoms with Crippen molar-refractivity contribution >= 4 is 17.5 Å². The molecule has 2 aromatic rings. The lowest BCUT2D eigenvalue weighted by Crippen LogP contribution is -2.32. The number of amides is 2. The lowest BCUT2D eigenvalue weighted by Gasteiger charge is -2.07. The van der Waals surface area contributed by atoms with Gasteiger partial charge in [0.1, 0.15) is 5.75 Å². The fourth-order valence-electron chi connectivity index (χ4n) is 1.64. The van der Waals surface area contributed by atoms with Crippen LogP contribution in [0.4, 0.5) is 5.69 Å². The number of nitrogens with zero attached hydrogens (tertiary/aromatic N) is 1. The Balaban J connectivity index is 1.83. The quantitative estimate of drug-likeness (QED) is 0.871. The third-order valence-electron chi connectivity index (χ3n) is 2.71. The topological polar surface area (TPSA) is 80.3 Å². The van der Waals surface area contributed by atoms with Crippen LogP contribution < -0.4 is 15.4 Å². The molecule has 0 radical (unpaired) electrons. The molecule has 2 rings (SSSR count). The monoisotopic (exact) mass is 285 g/mol. The molecule has 0 aliphatic rings. The van der Waals surface area contributed by atoms with Crippen LogP contribution in [0, 0.1) is 0 Å². The van der Waals surface area contributed by atoms with E-state index in [0.717, 1.165) is 0 Å². The molecule has 1 aromatic heterocycles. The van der Waals surface area contributed by atoms with Crippen molar-refractivity contribution in [1.29, 1.82) is 0 Å². The molecule has 2 N–H and O–H groups in total. The molecule has 0 saturated carbocycles. The van der Waals surface area contributed by atoms with Crippen LogP contribution in [0.15, 0.2) is 48.8 Å². The smallest absolute Gasteiger partial charge is 0.253 e. The first-order valence-corrected chi connectivity index (χ1v) is 6.31. The number of carbonyl (C=O) groups excluding carboxylic acids is 2. The van der Waals surface area contributed by atoms with Crippen LogP contribution in [-0.2, 0) is 4.79 Å². The van der Waals surface area contributed by atoms with Crippen molar-refractivity contribution in [2.24, 2.45) is 0 Å². The average Bonchev–Trinajstić information content (AvgIpc) is 2.54. The van der Waals surface area contributed by atoms with Crippen LogP contribution in [-0.4, -0.2) is 30.5 Å². The lowest BCUT2D eigenvalue weighted by atomic mass is 10.2. The molecule has 2 amide bonds. The Bertz CT molecular complexity index is 612. The van der Waals surface area contributed by atoms with E-state index in [1.807, 2.05) is 0 Å². The zero-order valence-electron chi connectivity index (χ0n) is 11.5. The summed E-state index contributed by atoms with van der Waals surface area (Å²) in [4.78, 5) is 27.3. The van der Waals surface area contributed by atoms with E-state index in [9.17, 15) is 9.59 Å². The third-order valence-corrected chi connectivity index (χ3v) is 2.71. The van der Waals surface area contributed by atoms with Crippen molar-refractivity contribution in [1.82, 2.24) is 10.3 Å². The Morgan fingerprint density at radius 1 is 1.19 bits per heavy atom. The maximum Gasteiger partial charge on any atom is 0.253 e. The van der Waals surface area contributed by atoms with Gasteiger partial charge < -0.3 is 15.4 Å². The first-order valence-electron chi connectivity index (χ1n) is 6.31. The summed E-state index contributed by atoms with van der Waals surface area (Å²) in [6.07, 6.45) is 3.02. The largest absolute Gasteiger partial charge is 0.497 e. The molecule has 21 heavy (non-hydrogen) atoms. The molecule has 0 aliphatic carbocycles. The second-order valence-corrected chi connectivity index (χ2v) is 4.20. The maximum atomic E-state index is 11.7. The minimum Gasteiger partial charge on any atom is -0.497 e. The standard InChI is InChI=1S/C15H15N3O3/c1-21-13-6-4-12(5-7-13)18-14(19)10-17-15(20)11-3-2-8-16-9-11/h2-9H,10H2,1H3,(H,17,20)(H,18,19). The number of benzene rings is 1. The lowest BCUT2D eigenvalue weighted by molar-refractivity contribution is -0.115. The Morgan fingerprint density at radius 3 is 2.57 bits per heavy atom. The van der Waals surface area contributed by atoms with E-state index >= 15 is 0 Å². The Labute approximate surface area is 122 Å². The molecule has 0 bridgehead atoms. The van der Waals surface area contributed by atoms with E-state index in [-0.39, 0.29) is 18.4 Å². The van der Waals surface area contributed by atoms with Crippen molar-refractivity contribution in [2.75, 3.05) is 19.0 Å². The summed E-state index contributed by atoms with van der Waals surface area (Å²) < 4.78 is 5.03. The van der Waals surface area contributed by atoms with Gasteiger partial charge in [0.2, 0.25) is 5.91 Å². The van der Waals surface area contributed by atoms with Gasteiger partial charge in [-0.15, -0.1) is 0 Å². The predicted octanol–water partition coefficient (Wildman–Crippen LogP) is 1.46. The van der Waals surface area contributed by atoms with Crippen LogP contribution in [0.2, 0.25) is 0 Å². The zero-order chi connectivity index (χ0) is 15.1. The number of hydrogen-bond acceptors (Lipinski definition) is 4. The number of ether oxygens (including phenoxy) is 1. The molecule has 6 nitrogen and oxygen atoms in total. The van der Waals surface area contributed by atoms with Crippen LogP contribution in [0.3, 0.4) is 0 Å². The Kier molecular flexibility index (Phi) is 4.87. The fourth-order valence-corrected chi connectivity index (χ4v) is 1.64. The van der Waals surface area contributed by atoms with Crippen LogP contribution in [0.25, 0.3) is 0 Å². The molecule has 0 unspecified atom stereocenters. The van der Waals surface area contributed by atoms with E-state index in [1.54, 1.807) is 49.7 Å². The third kappa shape index (κ3) is 4.31. The number of anilines is 1.